The Bertz CT molecular complexity index is 392. The maximum Gasteiger partial charge on any atom is 0.175 e. The number of pyridine rings is 1. The van der Waals surface area contributed by atoms with Crippen LogP contribution in [-0.2, 0) is 0 Å². The van der Waals surface area contributed by atoms with E-state index in [1.165, 1.54) is 0 Å². The highest BCUT2D eigenvalue weighted by Gasteiger charge is 2.02. The summed E-state index contributed by atoms with van der Waals surface area (Å²) < 4.78 is 5.31. The van der Waals surface area contributed by atoms with Gasteiger partial charge in [-0.3, -0.25) is 4.98 Å². The maximum atomic E-state index is 5.64. The number of nitrogens with zero attached hydrogens (tertiary/aromatic N) is 1. The topological polar surface area (TPSA) is 52.0 Å². The highest BCUT2D eigenvalue weighted by atomic mass is 16.3. The van der Waals surface area contributed by atoms with E-state index in [2.05, 4.69) is 4.98 Å². The van der Waals surface area contributed by atoms with Gasteiger partial charge in [0.05, 0.1) is 5.69 Å². The Morgan fingerprint density at radius 3 is 3.09 bits per heavy atom. The number of rotatable bonds is 0. The van der Waals surface area contributed by atoms with Crippen molar-refractivity contribution >= 4 is 16.8 Å². The predicted octanol–water partition coefficient (Wildman–Crippen LogP) is 1.72. The molecule has 2 rings (SSSR count). The van der Waals surface area contributed by atoms with Gasteiger partial charge in [-0.1, -0.05) is 0 Å². The lowest BCUT2D eigenvalue weighted by atomic mass is 10.3. The summed E-state index contributed by atoms with van der Waals surface area (Å²) in [5.41, 5.74) is 7.78. The molecule has 11 heavy (non-hydrogen) atoms. The second-order valence-electron chi connectivity index (χ2n) is 2.47. The molecule has 0 aliphatic rings. The number of aromatic nitrogens is 1. The van der Waals surface area contributed by atoms with Crippen LogP contribution in [0.4, 0.5) is 5.69 Å². The molecule has 56 valence electrons. The van der Waals surface area contributed by atoms with Gasteiger partial charge in [0.25, 0.3) is 0 Å². The third-order valence-corrected chi connectivity index (χ3v) is 1.57. The first kappa shape index (κ1) is 6.22. The van der Waals surface area contributed by atoms with Crippen LogP contribution in [0.15, 0.2) is 22.7 Å². The van der Waals surface area contributed by atoms with E-state index >= 15 is 0 Å². The normalized spacial score (nSPS) is 10.6. The van der Waals surface area contributed by atoms with Crippen LogP contribution in [0, 0.1) is 6.92 Å². The molecule has 2 aromatic rings. The first-order valence-corrected chi connectivity index (χ1v) is 3.38. The zero-order valence-corrected chi connectivity index (χ0v) is 6.16. The first-order chi connectivity index (χ1) is 5.27. The second kappa shape index (κ2) is 1.99. The van der Waals surface area contributed by atoms with Gasteiger partial charge in [0.2, 0.25) is 0 Å². The molecule has 3 nitrogen and oxygen atoms in total. The minimum absolute atomic E-state index is 0.642. The van der Waals surface area contributed by atoms with Crippen molar-refractivity contribution in [1.82, 2.24) is 4.98 Å². The van der Waals surface area contributed by atoms with Crippen LogP contribution in [0.3, 0.4) is 0 Å². The number of aryl methyl sites for hydroxylation is 1. The van der Waals surface area contributed by atoms with Crippen LogP contribution < -0.4 is 5.73 Å². The number of fused-ring (bicyclic) bond motifs is 1. The Morgan fingerprint density at radius 2 is 2.36 bits per heavy atom. The highest BCUT2D eigenvalue weighted by molar-refractivity contribution is 5.84. The molecular formula is C8H8N2O. The largest absolute Gasteiger partial charge is 0.457 e. The average molecular weight is 148 g/mol. The molecule has 0 amide bonds. The average Bonchev–Trinajstić information content (AvgIpc) is 2.31. The van der Waals surface area contributed by atoms with Gasteiger partial charge in [-0.15, -0.1) is 0 Å². The van der Waals surface area contributed by atoms with Crippen molar-refractivity contribution in [1.29, 1.82) is 0 Å². The molecule has 0 fully saturated rings. The number of hydrogen-bond acceptors (Lipinski definition) is 3. The molecule has 0 aromatic carbocycles. The fraction of sp³-hybridized carbons (Fsp3) is 0.125. The van der Waals surface area contributed by atoms with E-state index in [0.717, 1.165) is 11.3 Å². The summed E-state index contributed by atoms with van der Waals surface area (Å²) in [7, 11) is 0. The zero-order valence-electron chi connectivity index (χ0n) is 6.16. The molecule has 0 bridgehead atoms. The monoisotopic (exact) mass is 148 g/mol. The third-order valence-electron chi connectivity index (χ3n) is 1.57. The van der Waals surface area contributed by atoms with E-state index in [4.69, 9.17) is 10.2 Å². The number of nitrogens with two attached hydrogens (primary N) is 1. The van der Waals surface area contributed by atoms with E-state index < -0.39 is 0 Å². The molecule has 2 heterocycles. The fourth-order valence-corrected chi connectivity index (χ4v) is 1.08. The van der Waals surface area contributed by atoms with Crippen LogP contribution in [0.5, 0.6) is 0 Å². The van der Waals surface area contributed by atoms with Crippen molar-refractivity contribution in [2.75, 3.05) is 5.73 Å². The van der Waals surface area contributed by atoms with Crippen LogP contribution in [-0.4, -0.2) is 4.98 Å². The summed E-state index contributed by atoms with van der Waals surface area (Å²) in [6.45, 7) is 1.88. The van der Waals surface area contributed by atoms with Gasteiger partial charge in [0.15, 0.2) is 5.58 Å². The molecule has 3 heteroatoms. The molecule has 2 aromatic heterocycles. The molecule has 0 unspecified atom stereocenters. The fourth-order valence-electron chi connectivity index (χ4n) is 1.08. The smallest absolute Gasteiger partial charge is 0.175 e. The van der Waals surface area contributed by atoms with Gasteiger partial charge >= 0.3 is 0 Å². The van der Waals surface area contributed by atoms with Crippen molar-refractivity contribution in [3.63, 3.8) is 0 Å². The third kappa shape index (κ3) is 0.852. The zero-order chi connectivity index (χ0) is 7.84. The van der Waals surface area contributed by atoms with Crippen molar-refractivity contribution in [2.45, 2.75) is 6.92 Å². The standard InChI is InChI=1S/C8H8N2O/c1-5-4-7-8(11-5)6(9)2-3-10-7/h2-4H,1H3,(H2,9,10). The molecule has 2 N–H and O–H groups in total. The van der Waals surface area contributed by atoms with E-state index in [1.54, 1.807) is 12.3 Å². The van der Waals surface area contributed by atoms with E-state index in [0.29, 0.717) is 11.3 Å². The summed E-state index contributed by atoms with van der Waals surface area (Å²) in [6, 6.07) is 3.59. The quantitative estimate of drug-likeness (QED) is 0.618. The van der Waals surface area contributed by atoms with E-state index in [-0.39, 0.29) is 0 Å². The molecular weight excluding hydrogens is 140 g/mol. The Morgan fingerprint density at radius 1 is 1.55 bits per heavy atom. The second-order valence-corrected chi connectivity index (χ2v) is 2.47. The SMILES string of the molecule is Cc1cc2nccc(N)c2o1. The molecule has 0 atom stereocenters. The van der Waals surface area contributed by atoms with Crippen molar-refractivity contribution < 1.29 is 4.42 Å². The molecule has 0 aliphatic heterocycles. The number of nitrogen functional groups attached to an aromatic ring is 1. The van der Waals surface area contributed by atoms with Crippen molar-refractivity contribution in [3.05, 3.63) is 24.1 Å². The Balaban J connectivity index is 2.90. The van der Waals surface area contributed by atoms with Crippen LogP contribution in [0.2, 0.25) is 0 Å². The molecule has 0 saturated carbocycles. The van der Waals surface area contributed by atoms with E-state index in [1.807, 2.05) is 13.0 Å². The lowest BCUT2D eigenvalue weighted by Gasteiger charge is -1.90. The van der Waals surface area contributed by atoms with Gasteiger partial charge < -0.3 is 10.2 Å². The number of furan rings is 1. The van der Waals surface area contributed by atoms with Crippen molar-refractivity contribution in [2.24, 2.45) is 0 Å². The highest BCUT2D eigenvalue weighted by Crippen LogP contribution is 2.21. The van der Waals surface area contributed by atoms with Crippen LogP contribution in [0.25, 0.3) is 11.1 Å². The van der Waals surface area contributed by atoms with Gasteiger partial charge in [0, 0.05) is 12.3 Å². The summed E-state index contributed by atoms with van der Waals surface area (Å²) in [6.07, 6.45) is 1.67. The Hall–Kier alpha value is -1.51. The van der Waals surface area contributed by atoms with Crippen LogP contribution in [0.1, 0.15) is 5.76 Å². The van der Waals surface area contributed by atoms with Crippen molar-refractivity contribution in [3.8, 4) is 0 Å². The Labute approximate surface area is 63.8 Å². The minimum atomic E-state index is 0.642. The van der Waals surface area contributed by atoms with E-state index in [9.17, 15) is 0 Å². The van der Waals surface area contributed by atoms with Gasteiger partial charge in [-0.2, -0.15) is 0 Å². The number of hydrogen-bond donors (Lipinski definition) is 1. The summed E-state index contributed by atoms with van der Waals surface area (Å²) in [4.78, 5) is 4.09. The molecule has 0 spiro atoms. The predicted molar refractivity (Wildman–Crippen MR) is 43.2 cm³/mol. The molecule has 0 saturated heterocycles. The summed E-state index contributed by atoms with van der Waals surface area (Å²) in [5, 5.41) is 0. The molecule has 0 aliphatic carbocycles. The lowest BCUT2D eigenvalue weighted by Crippen LogP contribution is -1.84. The number of anilines is 1. The van der Waals surface area contributed by atoms with Gasteiger partial charge in [-0.25, -0.2) is 0 Å². The minimum Gasteiger partial charge on any atom is -0.457 e. The van der Waals surface area contributed by atoms with Crippen LogP contribution >= 0.6 is 0 Å². The Kier molecular flexibility index (Phi) is 1.12. The molecule has 0 radical (unpaired) electrons. The summed E-state index contributed by atoms with van der Waals surface area (Å²) in [5.74, 6) is 0.838. The maximum absolute atomic E-state index is 5.64. The first-order valence-electron chi connectivity index (χ1n) is 3.38. The summed E-state index contributed by atoms with van der Waals surface area (Å²) >= 11 is 0. The lowest BCUT2D eigenvalue weighted by molar-refractivity contribution is 0.579. The van der Waals surface area contributed by atoms with Gasteiger partial charge in [0.1, 0.15) is 11.3 Å². The van der Waals surface area contributed by atoms with Gasteiger partial charge in [-0.05, 0) is 13.0 Å².